The van der Waals surface area contributed by atoms with Crippen molar-refractivity contribution in [2.24, 2.45) is 0 Å². The van der Waals surface area contributed by atoms with Gasteiger partial charge >= 0.3 is 5.97 Å². The molecule has 0 heterocycles. The van der Waals surface area contributed by atoms with Crippen molar-refractivity contribution in [2.75, 3.05) is 6.61 Å². The minimum Gasteiger partial charge on any atom is -0.466 e. The topological polar surface area (TPSA) is 83.8 Å². The average Bonchev–Trinajstić information content (AvgIpc) is 2.46. The van der Waals surface area contributed by atoms with Crippen molar-refractivity contribution >= 4 is 11.8 Å². The van der Waals surface area contributed by atoms with Crippen LogP contribution < -0.4 is 0 Å². The van der Waals surface area contributed by atoms with Gasteiger partial charge in [0.2, 0.25) is 0 Å². The number of aliphatic hydroxyl groups is 2. The number of rotatable bonds is 7. The van der Waals surface area contributed by atoms with Gasteiger partial charge in [-0.2, -0.15) is 0 Å². The van der Waals surface area contributed by atoms with E-state index in [4.69, 9.17) is 4.74 Å². The molecular formula is C17H26O5. The van der Waals surface area contributed by atoms with E-state index in [-0.39, 0.29) is 24.6 Å². The summed E-state index contributed by atoms with van der Waals surface area (Å²) in [5.41, 5.74) is 0.703. The van der Waals surface area contributed by atoms with Gasteiger partial charge in [-0.15, -0.1) is 0 Å². The molecule has 1 rings (SSSR count). The quantitative estimate of drug-likeness (QED) is 0.703. The lowest BCUT2D eigenvalue weighted by molar-refractivity contribution is -0.144. The molecule has 0 amide bonds. The highest BCUT2D eigenvalue weighted by Gasteiger charge is 2.27. The van der Waals surface area contributed by atoms with Gasteiger partial charge < -0.3 is 14.9 Å². The molecule has 5 nitrogen and oxygen atoms in total. The molecule has 2 atom stereocenters. The monoisotopic (exact) mass is 310 g/mol. The number of hydrogen-bond acceptors (Lipinski definition) is 5. The van der Waals surface area contributed by atoms with E-state index in [0.29, 0.717) is 36.2 Å². The summed E-state index contributed by atoms with van der Waals surface area (Å²) in [6, 6.07) is 0. The first kappa shape index (κ1) is 18.6. The molecule has 0 aromatic heterocycles. The second-order valence-electron chi connectivity index (χ2n) is 6.08. The van der Waals surface area contributed by atoms with E-state index in [0.717, 1.165) is 0 Å². The van der Waals surface area contributed by atoms with Crippen LogP contribution in [0.1, 0.15) is 53.4 Å². The summed E-state index contributed by atoms with van der Waals surface area (Å²) in [5, 5.41) is 20.2. The Bertz CT molecular complexity index is 499. The molecule has 0 bridgehead atoms. The first-order valence-electron chi connectivity index (χ1n) is 7.66. The van der Waals surface area contributed by atoms with Crippen LogP contribution in [0.15, 0.2) is 22.8 Å². The fraction of sp³-hybridized carbons (Fsp3) is 0.647. The highest BCUT2D eigenvalue weighted by molar-refractivity contribution is 6.09. The van der Waals surface area contributed by atoms with E-state index in [2.05, 4.69) is 0 Å². The lowest BCUT2D eigenvalue weighted by Gasteiger charge is -2.25. The zero-order valence-corrected chi connectivity index (χ0v) is 13.8. The molecule has 0 spiro atoms. The van der Waals surface area contributed by atoms with E-state index in [1.807, 2.05) is 0 Å². The number of ether oxygens (including phenoxy) is 1. The molecule has 0 aromatic rings. The van der Waals surface area contributed by atoms with E-state index in [9.17, 15) is 19.8 Å². The summed E-state index contributed by atoms with van der Waals surface area (Å²) in [7, 11) is 0. The Hall–Kier alpha value is -1.46. The zero-order valence-electron chi connectivity index (χ0n) is 13.8. The Kier molecular flexibility index (Phi) is 6.50. The van der Waals surface area contributed by atoms with Crippen molar-refractivity contribution in [3.05, 3.63) is 22.8 Å². The van der Waals surface area contributed by atoms with Crippen molar-refractivity contribution < 1.29 is 24.5 Å². The molecule has 22 heavy (non-hydrogen) atoms. The van der Waals surface area contributed by atoms with Crippen LogP contribution >= 0.6 is 0 Å². The number of hydrogen-bond donors (Lipinski definition) is 2. The van der Waals surface area contributed by atoms with Gasteiger partial charge in [0, 0.05) is 6.42 Å². The van der Waals surface area contributed by atoms with E-state index < -0.39 is 11.7 Å². The summed E-state index contributed by atoms with van der Waals surface area (Å²) in [4.78, 5) is 23.5. The highest BCUT2D eigenvalue weighted by atomic mass is 16.5. The Morgan fingerprint density at radius 2 is 2.00 bits per heavy atom. The van der Waals surface area contributed by atoms with Crippen molar-refractivity contribution in [3.63, 3.8) is 0 Å². The molecule has 124 valence electrons. The Balaban J connectivity index is 2.56. The number of esters is 1. The predicted octanol–water partition coefficient (Wildman–Crippen LogP) is 2.07. The predicted molar refractivity (Wildman–Crippen MR) is 83.2 cm³/mol. The highest BCUT2D eigenvalue weighted by Crippen LogP contribution is 2.28. The SMILES string of the molecule is CCOC(=O)CCC(C)(O)CCC1=CC(O)C(C)=C(C)C1=O. The summed E-state index contributed by atoms with van der Waals surface area (Å²) in [5.74, 6) is -0.412. The van der Waals surface area contributed by atoms with Crippen LogP contribution in [0.4, 0.5) is 0 Å². The molecule has 1 aliphatic carbocycles. The van der Waals surface area contributed by atoms with Crippen LogP contribution in [0.2, 0.25) is 0 Å². The smallest absolute Gasteiger partial charge is 0.305 e. The maximum atomic E-state index is 12.2. The first-order chi connectivity index (χ1) is 10.2. The van der Waals surface area contributed by atoms with Crippen LogP contribution in [0.5, 0.6) is 0 Å². The molecule has 0 saturated heterocycles. The summed E-state index contributed by atoms with van der Waals surface area (Å²) < 4.78 is 4.83. The second-order valence-corrected chi connectivity index (χ2v) is 6.08. The number of carbonyl (C=O) groups excluding carboxylic acids is 2. The Morgan fingerprint density at radius 3 is 2.59 bits per heavy atom. The van der Waals surface area contributed by atoms with Crippen LogP contribution in [0.3, 0.4) is 0 Å². The number of aliphatic hydroxyl groups excluding tert-OH is 1. The van der Waals surface area contributed by atoms with Gasteiger partial charge in [-0.05, 0) is 69.8 Å². The van der Waals surface area contributed by atoms with Crippen molar-refractivity contribution in [3.8, 4) is 0 Å². The lowest BCUT2D eigenvalue weighted by Crippen LogP contribution is -2.27. The van der Waals surface area contributed by atoms with Gasteiger partial charge in [0.15, 0.2) is 5.78 Å². The largest absolute Gasteiger partial charge is 0.466 e. The first-order valence-corrected chi connectivity index (χ1v) is 7.66. The van der Waals surface area contributed by atoms with Crippen LogP contribution in [-0.2, 0) is 14.3 Å². The fourth-order valence-electron chi connectivity index (χ4n) is 2.36. The normalized spacial score (nSPS) is 21.5. The maximum absolute atomic E-state index is 12.2. The number of Topliss-reactive ketones (excluding diaryl/α,β-unsaturated/α-hetero) is 1. The van der Waals surface area contributed by atoms with Gasteiger partial charge in [0.1, 0.15) is 0 Å². The molecular weight excluding hydrogens is 284 g/mol. The number of allylic oxidation sites excluding steroid dienone is 2. The third-order valence-electron chi connectivity index (χ3n) is 4.13. The van der Waals surface area contributed by atoms with E-state index in [1.54, 1.807) is 33.8 Å². The molecule has 0 radical (unpaired) electrons. The zero-order chi connectivity index (χ0) is 16.9. The van der Waals surface area contributed by atoms with Gasteiger partial charge in [0.05, 0.1) is 18.3 Å². The summed E-state index contributed by atoms with van der Waals surface area (Å²) in [6.45, 7) is 7.14. The van der Waals surface area contributed by atoms with Crippen LogP contribution in [0, 0.1) is 0 Å². The molecule has 0 aromatic carbocycles. The standard InChI is InChI=1S/C17H26O5/c1-5-22-15(19)7-9-17(4,21)8-6-13-10-14(18)11(2)12(3)16(13)20/h10,14,18,21H,5-9H2,1-4H3. The van der Waals surface area contributed by atoms with E-state index in [1.165, 1.54) is 0 Å². The van der Waals surface area contributed by atoms with Gasteiger partial charge in [-0.1, -0.05) is 0 Å². The van der Waals surface area contributed by atoms with Gasteiger partial charge in [-0.25, -0.2) is 0 Å². The van der Waals surface area contributed by atoms with Crippen LogP contribution in [0.25, 0.3) is 0 Å². The molecule has 1 aliphatic rings. The maximum Gasteiger partial charge on any atom is 0.305 e. The third-order valence-corrected chi connectivity index (χ3v) is 4.13. The molecule has 5 heteroatoms. The van der Waals surface area contributed by atoms with Gasteiger partial charge in [0.25, 0.3) is 0 Å². The molecule has 0 fully saturated rings. The van der Waals surface area contributed by atoms with Crippen molar-refractivity contribution in [1.29, 1.82) is 0 Å². The lowest BCUT2D eigenvalue weighted by atomic mass is 9.85. The minimum atomic E-state index is -1.05. The number of ketones is 1. The molecule has 0 aliphatic heterocycles. The number of carbonyl (C=O) groups is 2. The van der Waals surface area contributed by atoms with Gasteiger partial charge in [-0.3, -0.25) is 9.59 Å². The fourth-order valence-corrected chi connectivity index (χ4v) is 2.36. The minimum absolute atomic E-state index is 0.0796. The third kappa shape index (κ3) is 5.07. The average molecular weight is 310 g/mol. The molecule has 2 unspecified atom stereocenters. The molecule has 2 N–H and O–H groups in total. The summed E-state index contributed by atoms with van der Waals surface area (Å²) >= 11 is 0. The summed E-state index contributed by atoms with van der Waals surface area (Å²) in [6.07, 6.45) is 1.96. The molecule has 0 saturated carbocycles. The van der Waals surface area contributed by atoms with Crippen molar-refractivity contribution in [2.45, 2.75) is 65.1 Å². The van der Waals surface area contributed by atoms with E-state index >= 15 is 0 Å². The van der Waals surface area contributed by atoms with Crippen LogP contribution in [-0.4, -0.2) is 40.3 Å². The Morgan fingerprint density at radius 1 is 1.36 bits per heavy atom. The Labute approximate surface area is 131 Å². The second kappa shape index (κ2) is 7.70. The van der Waals surface area contributed by atoms with Crippen molar-refractivity contribution in [1.82, 2.24) is 0 Å².